The van der Waals surface area contributed by atoms with E-state index in [1.54, 1.807) is 0 Å². The van der Waals surface area contributed by atoms with Crippen molar-refractivity contribution in [2.24, 2.45) is 0 Å². The van der Waals surface area contributed by atoms with Crippen LogP contribution in [0.5, 0.6) is 5.75 Å². The van der Waals surface area contributed by atoms with E-state index in [4.69, 9.17) is 11.6 Å². The molecule has 1 unspecified atom stereocenters. The molecule has 0 aromatic heterocycles. The second-order valence-electron chi connectivity index (χ2n) is 4.06. The van der Waals surface area contributed by atoms with E-state index in [1.165, 1.54) is 24.3 Å². The maximum atomic E-state index is 13.7. The zero-order chi connectivity index (χ0) is 15.6. The summed E-state index contributed by atoms with van der Waals surface area (Å²) >= 11 is 5.96. The van der Waals surface area contributed by atoms with Crippen molar-refractivity contribution in [3.8, 4) is 5.75 Å². The van der Waals surface area contributed by atoms with Crippen LogP contribution in [0.25, 0.3) is 0 Å². The molecule has 0 aliphatic carbocycles. The minimum absolute atomic E-state index is 0.0520. The van der Waals surface area contributed by atoms with Crippen LogP contribution in [0.3, 0.4) is 0 Å². The summed E-state index contributed by atoms with van der Waals surface area (Å²) in [6.07, 6.45) is 0. The Balaban J connectivity index is 2.48. The summed E-state index contributed by atoms with van der Waals surface area (Å²) < 4.78 is 69.1. The third-order valence-corrected chi connectivity index (χ3v) is 3.16. The minimum Gasteiger partial charge on any atom is -0.434 e. The molecule has 21 heavy (non-hydrogen) atoms. The van der Waals surface area contributed by atoms with Crippen molar-refractivity contribution < 1.29 is 26.7 Å². The van der Waals surface area contributed by atoms with E-state index >= 15 is 0 Å². The van der Waals surface area contributed by atoms with Gasteiger partial charge in [0, 0.05) is 23.3 Å². The topological polar surface area (TPSA) is 9.23 Å². The zero-order valence-corrected chi connectivity index (χ0v) is 11.1. The van der Waals surface area contributed by atoms with Crippen LogP contribution in [-0.2, 0) is 0 Å². The summed E-state index contributed by atoms with van der Waals surface area (Å²) in [5.41, 5.74) is -0.688. The quantitative estimate of drug-likeness (QED) is 0.566. The van der Waals surface area contributed by atoms with Crippen molar-refractivity contribution in [3.05, 3.63) is 65.0 Å². The van der Waals surface area contributed by atoms with Gasteiger partial charge in [0.2, 0.25) is 0 Å². The Hall–Kier alpha value is -1.82. The highest BCUT2D eigenvalue weighted by Gasteiger charge is 2.24. The van der Waals surface area contributed by atoms with Crippen LogP contribution in [0.4, 0.5) is 22.0 Å². The van der Waals surface area contributed by atoms with Crippen molar-refractivity contribution in [1.82, 2.24) is 0 Å². The monoisotopic (exact) mass is 322 g/mol. The van der Waals surface area contributed by atoms with Gasteiger partial charge in [0.15, 0.2) is 0 Å². The van der Waals surface area contributed by atoms with Gasteiger partial charge in [0.25, 0.3) is 0 Å². The van der Waals surface area contributed by atoms with Crippen molar-refractivity contribution in [2.45, 2.75) is 12.0 Å². The van der Waals surface area contributed by atoms with E-state index in [9.17, 15) is 22.0 Å². The number of hydrogen-bond acceptors (Lipinski definition) is 1. The molecule has 2 aromatic carbocycles. The van der Waals surface area contributed by atoms with Gasteiger partial charge >= 0.3 is 6.61 Å². The fourth-order valence-corrected chi connectivity index (χ4v) is 2.23. The predicted octanol–water partition coefficient (Wildman–Crippen LogP) is 5.03. The molecule has 0 N–H and O–H groups in total. The highest BCUT2D eigenvalue weighted by Crippen LogP contribution is 2.38. The number of ether oxygens (including phenoxy) is 1. The first kappa shape index (κ1) is 15.6. The first-order valence-electron chi connectivity index (χ1n) is 5.72. The van der Waals surface area contributed by atoms with E-state index in [1.807, 2.05) is 0 Å². The highest BCUT2D eigenvalue weighted by molar-refractivity contribution is 6.22. The van der Waals surface area contributed by atoms with Crippen LogP contribution in [-0.4, -0.2) is 6.61 Å². The summed E-state index contributed by atoms with van der Waals surface area (Å²) in [6, 6.07) is 6.26. The fourth-order valence-electron chi connectivity index (χ4n) is 1.84. The lowest BCUT2D eigenvalue weighted by atomic mass is 10.0. The second kappa shape index (κ2) is 6.30. The van der Waals surface area contributed by atoms with E-state index in [2.05, 4.69) is 4.74 Å². The van der Waals surface area contributed by atoms with E-state index in [0.717, 1.165) is 0 Å². The molecule has 0 aliphatic rings. The third kappa shape index (κ3) is 3.44. The first-order chi connectivity index (χ1) is 9.90. The van der Waals surface area contributed by atoms with E-state index in [-0.39, 0.29) is 11.3 Å². The molecule has 0 amide bonds. The van der Waals surface area contributed by atoms with Gasteiger partial charge in [-0.25, -0.2) is 13.2 Å². The Morgan fingerprint density at radius 3 is 2.10 bits per heavy atom. The SMILES string of the molecule is Fc1cc(F)c(C(Cl)c2ccccc2OC(F)F)c(F)c1. The number of benzene rings is 2. The minimum atomic E-state index is -3.11. The molecule has 1 atom stereocenters. The number of rotatable bonds is 4. The molecule has 0 radical (unpaired) electrons. The van der Waals surface area contributed by atoms with Crippen molar-refractivity contribution in [3.63, 3.8) is 0 Å². The lowest BCUT2D eigenvalue weighted by molar-refractivity contribution is -0.0504. The molecule has 0 aliphatic heterocycles. The lowest BCUT2D eigenvalue weighted by Gasteiger charge is -2.16. The molecule has 0 fully saturated rings. The van der Waals surface area contributed by atoms with Gasteiger partial charge in [-0.1, -0.05) is 18.2 Å². The molecule has 2 aromatic rings. The van der Waals surface area contributed by atoms with Crippen molar-refractivity contribution in [1.29, 1.82) is 0 Å². The Bertz CT molecular complexity index is 624. The van der Waals surface area contributed by atoms with Crippen LogP contribution in [0.2, 0.25) is 0 Å². The molecule has 7 heteroatoms. The Labute approximate surface area is 121 Å². The van der Waals surface area contributed by atoms with Crippen LogP contribution in [0.1, 0.15) is 16.5 Å². The number of alkyl halides is 3. The smallest absolute Gasteiger partial charge is 0.387 e. The van der Waals surface area contributed by atoms with Gasteiger partial charge in [-0.15, -0.1) is 11.6 Å². The molecule has 0 bridgehead atoms. The summed E-state index contributed by atoms with van der Waals surface area (Å²) in [5.74, 6) is -3.83. The lowest BCUT2D eigenvalue weighted by Crippen LogP contribution is -2.08. The third-order valence-electron chi connectivity index (χ3n) is 2.71. The summed E-state index contributed by atoms with van der Waals surface area (Å²) in [6.45, 7) is -3.11. The van der Waals surface area contributed by atoms with Gasteiger partial charge in [-0.2, -0.15) is 8.78 Å². The molecule has 1 nitrogen and oxygen atoms in total. The van der Waals surface area contributed by atoms with Gasteiger partial charge in [-0.05, 0) is 6.07 Å². The number of para-hydroxylation sites is 1. The van der Waals surface area contributed by atoms with E-state index in [0.29, 0.717) is 12.1 Å². The average molecular weight is 323 g/mol. The van der Waals surface area contributed by atoms with Crippen LogP contribution < -0.4 is 4.74 Å². The first-order valence-corrected chi connectivity index (χ1v) is 6.16. The largest absolute Gasteiger partial charge is 0.434 e. The molecule has 2 rings (SSSR count). The van der Waals surface area contributed by atoms with Crippen LogP contribution in [0.15, 0.2) is 36.4 Å². The number of hydrogen-bond donors (Lipinski definition) is 0. The Morgan fingerprint density at radius 2 is 1.52 bits per heavy atom. The van der Waals surface area contributed by atoms with Crippen molar-refractivity contribution >= 4 is 11.6 Å². The van der Waals surface area contributed by atoms with Crippen LogP contribution in [0, 0.1) is 17.5 Å². The molecule has 0 saturated heterocycles. The van der Waals surface area contributed by atoms with Gasteiger partial charge < -0.3 is 4.74 Å². The molecule has 112 valence electrons. The number of halogens is 6. The summed E-state index contributed by atoms with van der Waals surface area (Å²) in [5, 5.41) is -1.44. The standard InChI is InChI=1S/C14H8ClF5O/c15-13(12-9(17)5-7(16)6-10(12)18)8-3-1-2-4-11(8)21-14(19)20/h1-6,13-14H. The summed E-state index contributed by atoms with van der Waals surface area (Å²) in [4.78, 5) is 0. The second-order valence-corrected chi connectivity index (χ2v) is 4.50. The van der Waals surface area contributed by atoms with Crippen molar-refractivity contribution in [2.75, 3.05) is 0 Å². The molecular formula is C14H8ClF5O. The molecule has 0 spiro atoms. The molecule has 0 saturated carbocycles. The maximum Gasteiger partial charge on any atom is 0.387 e. The van der Waals surface area contributed by atoms with Crippen LogP contribution >= 0.6 is 11.6 Å². The van der Waals surface area contributed by atoms with Gasteiger partial charge in [-0.3, -0.25) is 0 Å². The van der Waals surface area contributed by atoms with Gasteiger partial charge in [0.05, 0.1) is 5.38 Å². The maximum absolute atomic E-state index is 13.7. The average Bonchev–Trinajstić information content (AvgIpc) is 2.37. The molecular weight excluding hydrogens is 315 g/mol. The zero-order valence-electron chi connectivity index (χ0n) is 10.3. The Kier molecular flexibility index (Phi) is 4.67. The van der Waals surface area contributed by atoms with E-state index < -0.39 is 35.0 Å². The summed E-state index contributed by atoms with van der Waals surface area (Å²) in [7, 11) is 0. The highest BCUT2D eigenvalue weighted by atomic mass is 35.5. The van der Waals surface area contributed by atoms with Gasteiger partial charge in [0.1, 0.15) is 23.2 Å². The Morgan fingerprint density at radius 1 is 0.952 bits per heavy atom. The predicted molar refractivity (Wildman–Crippen MR) is 67.1 cm³/mol. The normalized spacial score (nSPS) is 12.5. The molecule has 0 heterocycles. The fraction of sp³-hybridized carbons (Fsp3) is 0.143.